The number of rotatable bonds is 3. The molecule has 0 heterocycles. The van der Waals surface area contributed by atoms with Gasteiger partial charge in [-0.1, -0.05) is 44.0 Å². The molecule has 0 fully saturated rings. The van der Waals surface area contributed by atoms with E-state index in [1.807, 2.05) is 0 Å². The van der Waals surface area contributed by atoms with Crippen LogP contribution in [0.2, 0.25) is 0 Å². The van der Waals surface area contributed by atoms with Crippen LogP contribution in [0.4, 0.5) is 0 Å². The smallest absolute Gasteiger partial charge is 0.0612 e. The fourth-order valence-corrected chi connectivity index (χ4v) is 2.61. The Morgan fingerprint density at radius 3 is 2.93 bits per heavy atom. The van der Waals surface area contributed by atoms with Crippen LogP contribution >= 0.6 is 0 Å². The van der Waals surface area contributed by atoms with Gasteiger partial charge in [-0.05, 0) is 30.4 Å². The van der Waals surface area contributed by atoms with E-state index in [4.69, 9.17) is 0 Å². The number of aryl methyl sites for hydroxylation is 1. The molecule has 1 aromatic carbocycles. The average molecular weight is 204 g/mol. The van der Waals surface area contributed by atoms with Gasteiger partial charge in [0.2, 0.25) is 0 Å². The molecule has 0 aromatic heterocycles. The van der Waals surface area contributed by atoms with E-state index in [9.17, 15) is 5.11 Å². The molecule has 0 spiro atoms. The molecule has 0 radical (unpaired) electrons. The molecular weight excluding hydrogens is 184 g/mol. The Labute approximate surface area is 92.1 Å². The van der Waals surface area contributed by atoms with E-state index in [1.165, 1.54) is 24.0 Å². The number of aliphatic hydroxyl groups is 1. The second kappa shape index (κ2) is 4.80. The molecule has 15 heavy (non-hydrogen) atoms. The van der Waals surface area contributed by atoms with Gasteiger partial charge in [0.25, 0.3) is 0 Å². The third kappa shape index (κ3) is 2.23. The van der Waals surface area contributed by atoms with E-state index in [2.05, 4.69) is 31.2 Å². The summed E-state index contributed by atoms with van der Waals surface area (Å²) in [7, 11) is 0. The summed E-state index contributed by atoms with van der Waals surface area (Å²) >= 11 is 0. The van der Waals surface area contributed by atoms with Crippen LogP contribution in [0.3, 0.4) is 0 Å². The molecule has 1 heteroatoms. The zero-order valence-corrected chi connectivity index (χ0v) is 9.45. The van der Waals surface area contributed by atoms with Gasteiger partial charge in [0, 0.05) is 5.92 Å². The van der Waals surface area contributed by atoms with E-state index in [-0.39, 0.29) is 6.10 Å². The van der Waals surface area contributed by atoms with Gasteiger partial charge in [-0.15, -0.1) is 0 Å². The second-order valence-electron chi connectivity index (χ2n) is 4.55. The minimum atomic E-state index is -0.119. The van der Waals surface area contributed by atoms with Crippen LogP contribution in [-0.2, 0) is 6.42 Å². The Hall–Kier alpha value is -0.820. The molecule has 0 amide bonds. The number of aliphatic hydroxyl groups excluding tert-OH is 1. The highest BCUT2D eigenvalue weighted by Crippen LogP contribution is 2.35. The van der Waals surface area contributed by atoms with Crippen LogP contribution in [0.15, 0.2) is 24.3 Å². The standard InChI is InChI=1S/C14H20O/c1-2-3-7-13-12-8-5-4-6-11(12)9-10-14(13)15/h4-6,8,13-15H,2-3,7,9-10H2,1H3/t13-,14+/m1/s1. The van der Waals surface area contributed by atoms with E-state index in [0.29, 0.717) is 5.92 Å². The van der Waals surface area contributed by atoms with Crippen molar-refractivity contribution >= 4 is 0 Å². The van der Waals surface area contributed by atoms with Crippen molar-refractivity contribution in [3.8, 4) is 0 Å². The lowest BCUT2D eigenvalue weighted by Crippen LogP contribution is -2.25. The summed E-state index contributed by atoms with van der Waals surface area (Å²) < 4.78 is 0. The number of hydrogen-bond donors (Lipinski definition) is 1. The van der Waals surface area contributed by atoms with Crippen molar-refractivity contribution < 1.29 is 5.11 Å². The number of hydrogen-bond acceptors (Lipinski definition) is 1. The summed E-state index contributed by atoms with van der Waals surface area (Å²) in [6, 6.07) is 8.60. The van der Waals surface area contributed by atoms with Crippen LogP contribution in [0.25, 0.3) is 0 Å². The fourth-order valence-electron chi connectivity index (χ4n) is 2.61. The lowest BCUT2D eigenvalue weighted by Gasteiger charge is -2.30. The van der Waals surface area contributed by atoms with E-state index in [1.54, 1.807) is 0 Å². The van der Waals surface area contributed by atoms with Crippen molar-refractivity contribution in [2.45, 2.75) is 51.0 Å². The van der Waals surface area contributed by atoms with Crippen molar-refractivity contribution in [1.29, 1.82) is 0 Å². The van der Waals surface area contributed by atoms with E-state index >= 15 is 0 Å². The monoisotopic (exact) mass is 204 g/mol. The number of benzene rings is 1. The van der Waals surface area contributed by atoms with Crippen LogP contribution in [-0.4, -0.2) is 11.2 Å². The van der Waals surface area contributed by atoms with Gasteiger partial charge in [-0.25, -0.2) is 0 Å². The predicted octanol–water partition coefficient (Wildman–Crippen LogP) is 3.27. The van der Waals surface area contributed by atoms with Crippen LogP contribution in [0, 0.1) is 0 Å². The minimum absolute atomic E-state index is 0.119. The Balaban J connectivity index is 2.21. The lowest BCUT2D eigenvalue weighted by molar-refractivity contribution is 0.120. The third-order valence-electron chi connectivity index (χ3n) is 3.50. The SMILES string of the molecule is CCCC[C@@H]1c2ccccc2CC[C@@H]1O. The van der Waals surface area contributed by atoms with E-state index < -0.39 is 0 Å². The van der Waals surface area contributed by atoms with Crippen molar-refractivity contribution in [1.82, 2.24) is 0 Å². The number of unbranched alkanes of at least 4 members (excludes halogenated alkanes) is 1. The molecular formula is C14H20O. The molecule has 0 aliphatic heterocycles. The molecule has 0 saturated heterocycles. The molecule has 0 saturated carbocycles. The minimum Gasteiger partial charge on any atom is -0.392 e. The Kier molecular flexibility index (Phi) is 3.42. The first-order chi connectivity index (χ1) is 7.33. The van der Waals surface area contributed by atoms with Gasteiger partial charge in [0.1, 0.15) is 0 Å². The highest BCUT2D eigenvalue weighted by Gasteiger charge is 2.26. The van der Waals surface area contributed by atoms with Gasteiger partial charge >= 0.3 is 0 Å². The molecule has 1 N–H and O–H groups in total. The first-order valence-corrected chi connectivity index (χ1v) is 6.08. The van der Waals surface area contributed by atoms with Gasteiger partial charge in [0.15, 0.2) is 0 Å². The summed E-state index contributed by atoms with van der Waals surface area (Å²) in [4.78, 5) is 0. The zero-order valence-electron chi connectivity index (χ0n) is 9.45. The quantitative estimate of drug-likeness (QED) is 0.801. The maximum absolute atomic E-state index is 10.0. The molecule has 1 nitrogen and oxygen atoms in total. The molecule has 1 aromatic rings. The number of fused-ring (bicyclic) bond motifs is 1. The topological polar surface area (TPSA) is 20.2 Å². The first-order valence-electron chi connectivity index (χ1n) is 6.08. The highest BCUT2D eigenvalue weighted by molar-refractivity contribution is 5.33. The molecule has 2 atom stereocenters. The molecule has 2 rings (SSSR count). The van der Waals surface area contributed by atoms with Gasteiger partial charge in [0.05, 0.1) is 6.10 Å². The third-order valence-corrected chi connectivity index (χ3v) is 3.50. The zero-order chi connectivity index (χ0) is 10.7. The van der Waals surface area contributed by atoms with Crippen molar-refractivity contribution in [3.05, 3.63) is 35.4 Å². The average Bonchev–Trinajstić information content (AvgIpc) is 2.28. The summed E-state index contributed by atoms with van der Waals surface area (Å²) in [5.74, 6) is 0.384. The maximum Gasteiger partial charge on any atom is 0.0612 e. The van der Waals surface area contributed by atoms with Gasteiger partial charge in [-0.3, -0.25) is 0 Å². The van der Waals surface area contributed by atoms with Crippen molar-refractivity contribution in [3.63, 3.8) is 0 Å². The summed E-state index contributed by atoms with van der Waals surface area (Å²) in [6.07, 6.45) is 5.42. The van der Waals surface area contributed by atoms with E-state index in [0.717, 1.165) is 19.3 Å². The predicted molar refractivity (Wildman–Crippen MR) is 63.0 cm³/mol. The molecule has 1 aliphatic rings. The largest absolute Gasteiger partial charge is 0.392 e. The first kappa shape index (κ1) is 10.7. The molecule has 1 aliphatic carbocycles. The van der Waals surface area contributed by atoms with Crippen molar-refractivity contribution in [2.24, 2.45) is 0 Å². The summed E-state index contributed by atoms with van der Waals surface area (Å²) in [5, 5.41) is 10.0. The summed E-state index contributed by atoms with van der Waals surface area (Å²) in [5.41, 5.74) is 2.84. The lowest BCUT2D eigenvalue weighted by atomic mass is 9.78. The molecule has 0 unspecified atom stereocenters. The maximum atomic E-state index is 10.0. The van der Waals surface area contributed by atoms with Crippen LogP contribution in [0.1, 0.15) is 49.7 Å². The molecule has 0 bridgehead atoms. The normalized spacial score (nSPS) is 24.9. The molecule has 82 valence electrons. The van der Waals surface area contributed by atoms with Crippen LogP contribution in [0.5, 0.6) is 0 Å². The van der Waals surface area contributed by atoms with Crippen LogP contribution < -0.4 is 0 Å². The Bertz CT molecular complexity index is 319. The van der Waals surface area contributed by atoms with Gasteiger partial charge in [-0.2, -0.15) is 0 Å². The fraction of sp³-hybridized carbons (Fsp3) is 0.571. The summed E-state index contributed by atoms with van der Waals surface area (Å²) in [6.45, 7) is 2.21. The van der Waals surface area contributed by atoms with Crippen molar-refractivity contribution in [2.75, 3.05) is 0 Å². The second-order valence-corrected chi connectivity index (χ2v) is 4.55. The Morgan fingerprint density at radius 2 is 2.13 bits per heavy atom. The Morgan fingerprint density at radius 1 is 1.33 bits per heavy atom. The highest BCUT2D eigenvalue weighted by atomic mass is 16.3. The van der Waals surface area contributed by atoms with Gasteiger partial charge < -0.3 is 5.11 Å².